The molecule has 0 spiro atoms. The van der Waals surface area contributed by atoms with Gasteiger partial charge in [-0.3, -0.25) is 0 Å². The number of rotatable bonds is 3. The summed E-state index contributed by atoms with van der Waals surface area (Å²) in [5.74, 6) is 0.865. The fourth-order valence-corrected chi connectivity index (χ4v) is 1.47. The maximum absolute atomic E-state index is 5.79. The molecule has 0 amide bonds. The van der Waals surface area contributed by atoms with Crippen LogP contribution in [0.3, 0.4) is 0 Å². The van der Waals surface area contributed by atoms with E-state index in [0.29, 0.717) is 17.3 Å². The summed E-state index contributed by atoms with van der Waals surface area (Å²) in [6.45, 7) is 0.610. The number of anilines is 2. The second kappa shape index (κ2) is 4.28. The molecule has 15 heavy (non-hydrogen) atoms. The van der Waals surface area contributed by atoms with Crippen molar-refractivity contribution in [2.75, 3.05) is 11.1 Å². The summed E-state index contributed by atoms with van der Waals surface area (Å²) >= 11 is 5.79. The first-order chi connectivity index (χ1) is 7.25. The van der Waals surface area contributed by atoms with Crippen LogP contribution in [-0.2, 0) is 6.54 Å². The number of benzene rings is 1. The molecule has 0 radical (unpaired) electrons. The topological polar surface area (TPSA) is 51.2 Å². The van der Waals surface area contributed by atoms with Gasteiger partial charge in [-0.05, 0) is 30.3 Å². The molecule has 1 heterocycles. The predicted octanol–water partition coefficient (Wildman–Crippen LogP) is 3.13. The predicted molar refractivity (Wildman–Crippen MR) is 61.9 cm³/mol. The van der Waals surface area contributed by atoms with Crippen molar-refractivity contribution in [2.24, 2.45) is 0 Å². The Balaban J connectivity index is 2.05. The van der Waals surface area contributed by atoms with E-state index in [9.17, 15) is 0 Å². The van der Waals surface area contributed by atoms with Crippen molar-refractivity contribution >= 4 is 23.0 Å². The van der Waals surface area contributed by atoms with Crippen molar-refractivity contribution in [1.29, 1.82) is 0 Å². The largest absolute Gasteiger partial charge is 0.467 e. The number of nitrogens with two attached hydrogens (primary N) is 1. The van der Waals surface area contributed by atoms with Crippen LogP contribution in [0.1, 0.15) is 5.76 Å². The van der Waals surface area contributed by atoms with E-state index < -0.39 is 0 Å². The van der Waals surface area contributed by atoms with Gasteiger partial charge in [0.25, 0.3) is 0 Å². The molecular formula is C11H11ClN2O. The highest BCUT2D eigenvalue weighted by Gasteiger charge is 2.00. The van der Waals surface area contributed by atoms with Gasteiger partial charge in [0.1, 0.15) is 5.76 Å². The van der Waals surface area contributed by atoms with E-state index in [-0.39, 0.29) is 0 Å². The lowest BCUT2D eigenvalue weighted by Gasteiger charge is -2.07. The van der Waals surface area contributed by atoms with Crippen LogP contribution in [0.2, 0.25) is 5.02 Å². The van der Waals surface area contributed by atoms with Gasteiger partial charge < -0.3 is 15.5 Å². The first-order valence-electron chi connectivity index (χ1n) is 4.57. The molecule has 3 nitrogen and oxygen atoms in total. The minimum atomic E-state index is 0.610. The van der Waals surface area contributed by atoms with Crippen LogP contribution in [0.25, 0.3) is 0 Å². The molecular weight excluding hydrogens is 212 g/mol. The van der Waals surface area contributed by atoms with Crippen LogP contribution < -0.4 is 11.1 Å². The van der Waals surface area contributed by atoms with Crippen LogP contribution in [0.4, 0.5) is 11.4 Å². The smallest absolute Gasteiger partial charge is 0.122 e. The average Bonchev–Trinajstić information content (AvgIpc) is 2.69. The van der Waals surface area contributed by atoms with Crippen molar-refractivity contribution in [3.05, 3.63) is 47.4 Å². The molecule has 0 atom stereocenters. The molecule has 1 aromatic carbocycles. The zero-order chi connectivity index (χ0) is 10.7. The van der Waals surface area contributed by atoms with Crippen molar-refractivity contribution in [3.8, 4) is 0 Å². The summed E-state index contributed by atoms with van der Waals surface area (Å²) in [5, 5.41) is 3.80. The van der Waals surface area contributed by atoms with Crippen molar-refractivity contribution < 1.29 is 4.42 Å². The first kappa shape index (κ1) is 9.93. The standard InChI is InChI=1S/C11H11ClN2O/c12-8-3-4-11(10(13)6-8)14-7-9-2-1-5-15-9/h1-6,14H,7,13H2. The van der Waals surface area contributed by atoms with Crippen molar-refractivity contribution in [1.82, 2.24) is 0 Å². The number of hydrogen-bond donors (Lipinski definition) is 2. The first-order valence-corrected chi connectivity index (χ1v) is 4.95. The summed E-state index contributed by atoms with van der Waals surface area (Å²) in [6.07, 6.45) is 1.64. The monoisotopic (exact) mass is 222 g/mol. The quantitative estimate of drug-likeness (QED) is 0.785. The van der Waals surface area contributed by atoms with Gasteiger partial charge in [0, 0.05) is 5.02 Å². The molecule has 0 saturated heterocycles. The van der Waals surface area contributed by atoms with Gasteiger partial charge in [0.2, 0.25) is 0 Å². The Kier molecular flexibility index (Phi) is 2.83. The fourth-order valence-electron chi connectivity index (χ4n) is 1.29. The molecule has 78 valence electrons. The highest BCUT2D eigenvalue weighted by atomic mass is 35.5. The molecule has 2 aromatic rings. The summed E-state index contributed by atoms with van der Waals surface area (Å²) in [4.78, 5) is 0. The van der Waals surface area contributed by atoms with Gasteiger partial charge in [-0.15, -0.1) is 0 Å². The number of nitrogens with one attached hydrogen (secondary N) is 1. The molecule has 0 bridgehead atoms. The number of hydrogen-bond acceptors (Lipinski definition) is 3. The van der Waals surface area contributed by atoms with E-state index in [1.165, 1.54) is 0 Å². The van der Waals surface area contributed by atoms with Gasteiger partial charge >= 0.3 is 0 Å². The Hall–Kier alpha value is -1.61. The number of halogens is 1. The molecule has 2 rings (SSSR count). The molecule has 0 saturated carbocycles. The Bertz CT molecular complexity index is 440. The van der Waals surface area contributed by atoms with Gasteiger partial charge in [0.05, 0.1) is 24.2 Å². The third kappa shape index (κ3) is 2.44. The lowest BCUT2D eigenvalue weighted by Crippen LogP contribution is -2.01. The van der Waals surface area contributed by atoms with E-state index in [2.05, 4.69) is 5.32 Å². The maximum atomic E-state index is 5.79. The second-order valence-corrected chi connectivity index (χ2v) is 3.60. The molecule has 0 aliphatic carbocycles. The van der Waals surface area contributed by atoms with E-state index in [1.54, 1.807) is 18.4 Å². The van der Waals surface area contributed by atoms with E-state index in [1.807, 2.05) is 18.2 Å². The van der Waals surface area contributed by atoms with Crippen LogP contribution in [0, 0.1) is 0 Å². The second-order valence-electron chi connectivity index (χ2n) is 3.16. The molecule has 0 fully saturated rings. The highest BCUT2D eigenvalue weighted by molar-refractivity contribution is 6.31. The fraction of sp³-hybridized carbons (Fsp3) is 0.0909. The zero-order valence-corrected chi connectivity index (χ0v) is 8.79. The number of furan rings is 1. The van der Waals surface area contributed by atoms with Gasteiger partial charge in [-0.25, -0.2) is 0 Å². The third-order valence-electron chi connectivity index (χ3n) is 2.05. The van der Waals surface area contributed by atoms with Crippen LogP contribution >= 0.6 is 11.6 Å². The summed E-state index contributed by atoms with van der Waals surface area (Å²) < 4.78 is 5.19. The summed E-state index contributed by atoms with van der Waals surface area (Å²) in [5.41, 5.74) is 7.27. The molecule has 4 heteroatoms. The Morgan fingerprint density at radius 1 is 1.33 bits per heavy atom. The average molecular weight is 223 g/mol. The highest BCUT2D eigenvalue weighted by Crippen LogP contribution is 2.23. The van der Waals surface area contributed by atoms with Crippen LogP contribution in [0.15, 0.2) is 41.0 Å². The lowest BCUT2D eigenvalue weighted by molar-refractivity contribution is 0.518. The molecule has 0 unspecified atom stereocenters. The Labute approximate surface area is 92.8 Å². The normalized spacial score (nSPS) is 10.2. The lowest BCUT2D eigenvalue weighted by atomic mass is 10.2. The summed E-state index contributed by atoms with van der Waals surface area (Å²) in [6, 6.07) is 9.11. The van der Waals surface area contributed by atoms with Gasteiger partial charge in [0.15, 0.2) is 0 Å². The van der Waals surface area contributed by atoms with Crippen molar-refractivity contribution in [2.45, 2.75) is 6.54 Å². The minimum absolute atomic E-state index is 0.610. The van der Waals surface area contributed by atoms with Gasteiger partial charge in [-0.1, -0.05) is 11.6 Å². The van der Waals surface area contributed by atoms with E-state index in [0.717, 1.165) is 11.4 Å². The minimum Gasteiger partial charge on any atom is -0.467 e. The third-order valence-corrected chi connectivity index (χ3v) is 2.28. The molecule has 1 aromatic heterocycles. The summed E-state index contributed by atoms with van der Waals surface area (Å²) in [7, 11) is 0. The van der Waals surface area contributed by atoms with Gasteiger partial charge in [-0.2, -0.15) is 0 Å². The number of nitrogen functional groups attached to an aromatic ring is 1. The zero-order valence-electron chi connectivity index (χ0n) is 8.03. The van der Waals surface area contributed by atoms with E-state index >= 15 is 0 Å². The SMILES string of the molecule is Nc1cc(Cl)ccc1NCc1ccco1. The molecule has 0 aliphatic heterocycles. The molecule has 0 aliphatic rings. The van der Waals surface area contributed by atoms with E-state index in [4.69, 9.17) is 21.8 Å². The molecule has 3 N–H and O–H groups in total. The maximum Gasteiger partial charge on any atom is 0.122 e. The Morgan fingerprint density at radius 3 is 2.87 bits per heavy atom. The Morgan fingerprint density at radius 2 is 2.20 bits per heavy atom. The van der Waals surface area contributed by atoms with Crippen LogP contribution in [-0.4, -0.2) is 0 Å². The van der Waals surface area contributed by atoms with Crippen LogP contribution in [0.5, 0.6) is 0 Å². The van der Waals surface area contributed by atoms with Crippen molar-refractivity contribution in [3.63, 3.8) is 0 Å².